The van der Waals surface area contributed by atoms with E-state index in [1.807, 2.05) is 35.8 Å². The maximum atomic E-state index is 9.92. The minimum Gasteiger partial charge on any atom is -0.508 e. The lowest BCUT2D eigenvalue weighted by atomic mass is 10.2. The number of hydrazone groups is 1. The highest BCUT2D eigenvalue weighted by atomic mass is 16.5. The molecular weight excluding hydrogens is 406 g/mol. The van der Waals surface area contributed by atoms with Crippen LogP contribution in [0.5, 0.6) is 5.75 Å². The minimum atomic E-state index is 0.174. The van der Waals surface area contributed by atoms with E-state index in [0.29, 0.717) is 49.2 Å². The summed E-state index contributed by atoms with van der Waals surface area (Å²) in [7, 11) is 0. The average molecular weight is 429 g/mol. The molecular formula is C23H23N7O2. The molecule has 9 heteroatoms. The molecule has 1 aliphatic heterocycles. The van der Waals surface area contributed by atoms with E-state index >= 15 is 0 Å². The lowest BCUT2D eigenvalue weighted by molar-refractivity contribution is 0.122. The summed E-state index contributed by atoms with van der Waals surface area (Å²) in [4.78, 5) is 16.1. The van der Waals surface area contributed by atoms with E-state index in [1.165, 1.54) is 0 Å². The smallest absolute Gasteiger partial charge is 0.229 e. The number of fused-ring (bicyclic) bond motifs is 1. The Labute approximate surface area is 185 Å². The molecule has 0 bridgehead atoms. The van der Waals surface area contributed by atoms with E-state index in [1.54, 1.807) is 30.7 Å². The number of anilines is 2. The van der Waals surface area contributed by atoms with E-state index in [9.17, 15) is 5.11 Å². The van der Waals surface area contributed by atoms with Gasteiger partial charge >= 0.3 is 0 Å². The molecule has 32 heavy (non-hydrogen) atoms. The van der Waals surface area contributed by atoms with E-state index < -0.39 is 0 Å². The van der Waals surface area contributed by atoms with Crippen molar-refractivity contribution in [1.29, 1.82) is 0 Å². The van der Waals surface area contributed by atoms with Crippen LogP contribution in [0.4, 0.5) is 11.8 Å². The second-order valence-corrected chi connectivity index (χ2v) is 7.56. The molecule has 0 radical (unpaired) electrons. The molecule has 0 saturated carbocycles. The Bertz CT molecular complexity index is 1280. The van der Waals surface area contributed by atoms with Crippen LogP contribution in [0.15, 0.2) is 60.0 Å². The predicted molar refractivity (Wildman–Crippen MR) is 124 cm³/mol. The summed E-state index contributed by atoms with van der Waals surface area (Å²) in [6, 6.07) is 15.0. The maximum absolute atomic E-state index is 9.92. The molecule has 0 aliphatic carbocycles. The molecule has 2 aromatic heterocycles. The summed E-state index contributed by atoms with van der Waals surface area (Å²) >= 11 is 0. The number of nitrogens with zero attached hydrogens (tertiary/aromatic N) is 6. The quantitative estimate of drug-likeness (QED) is 0.371. The number of aryl methyl sites for hydroxylation is 1. The molecule has 162 valence electrons. The summed E-state index contributed by atoms with van der Waals surface area (Å²) < 4.78 is 7.30. The standard InChI is InChI=1S/C23H23N7O2/c1-16-4-2-5-17(12-16)14-25-28-21-20-22(27-23(26-21)29-8-10-32-11-9-29)30(15-24-20)18-6-3-7-19(31)13-18/h2-7,12-15,31H,8-11H2,1H3,(H,26,27,28). The Morgan fingerprint density at radius 1 is 1.09 bits per heavy atom. The number of hydrogen-bond acceptors (Lipinski definition) is 8. The van der Waals surface area contributed by atoms with Gasteiger partial charge in [-0.05, 0) is 24.6 Å². The van der Waals surface area contributed by atoms with Gasteiger partial charge in [-0.2, -0.15) is 15.1 Å². The van der Waals surface area contributed by atoms with Crippen molar-refractivity contribution in [3.8, 4) is 11.4 Å². The number of nitrogens with one attached hydrogen (secondary N) is 1. The Morgan fingerprint density at radius 2 is 1.94 bits per heavy atom. The van der Waals surface area contributed by atoms with Crippen molar-refractivity contribution in [2.45, 2.75) is 6.92 Å². The zero-order chi connectivity index (χ0) is 21.9. The Kier molecular flexibility index (Phi) is 5.39. The summed E-state index contributed by atoms with van der Waals surface area (Å²) in [6.07, 6.45) is 3.42. The van der Waals surface area contributed by atoms with Crippen LogP contribution >= 0.6 is 0 Å². The monoisotopic (exact) mass is 429 g/mol. The van der Waals surface area contributed by atoms with E-state index in [4.69, 9.17) is 14.7 Å². The first kappa shape index (κ1) is 20.0. The van der Waals surface area contributed by atoms with Gasteiger partial charge in [-0.25, -0.2) is 4.98 Å². The van der Waals surface area contributed by atoms with Crippen LogP contribution in [0.2, 0.25) is 0 Å². The third-order valence-corrected chi connectivity index (χ3v) is 5.21. The fraction of sp³-hybridized carbons (Fsp3) is 0.217. The third-order valence-electron chi connectivity index (χ3n) is 5.21. The number of phenolic OH excluding ortho intramolecular Hbond substituents is 1. The molecule has 0 unspecified atom stereocenters. The van der Waals surface area contributed by atoms with Crippen LogP contribution in [0, 0.1) is 6.92 Å². The van der Waals surface area contributed by atoms with Crippen LogP contribution in [-0.4, -0.2) is 57.1 Å². The van der Waals surface area contributed by atoms with Crippen LogP contribution in [0.3, 0.4) is 0 Å². The molecule has 4 aromatic rings. The van der Waals surface area contributed by atoms with Crippen LogP contribution in [0.25, 0.3) is 16.9 Å². The van der Waals surface area contributed by atoms with Gasteiger partial charge in [-0.15, -0.1) is 0 Å². The molecule has 1 fully saturated rings. The van der Waals surface area contributed by atoms with Gasteiger partial charge in [0.05, 0.1) is 25.1 Å². The summed E-state index contributed by atoms with van der Waals surface area (Å²) in [5, 5.41) is 14.3. The molecule has 5 rings (SSSR count). The largest absolute Gasteiger partial charge is 0.508 e. The molecule has 0 amide bonds. The first-order chi connectivity index (χ1) is 15.7. The van der Waals surface area contributed by atoms with E-state index in [2.05, 4.69) is 26.5 Å². The SMILES string of the molecule is Cc1cccc(C=NNc2nc(N3CCOCC3)nc3c2ncn3-c2cccc(O)c2)c1. The average Bonchev–Trinajstić information content (AvgIpc) is 3.24. The summed E-state index contributed by atoms with van der Waals surface area (Å²) in [6.45, 7) is 4.71. The molecule has 2 N–H and O–H groups in total. The van der Waals surface area contributed by atoms with Crippen molar-refractivity contribution in [2.24, 2.45) is 5.10 Å². The molecule has 3 heterocycles. The normalized spacial score (nSPS) is 14.3. The summed E-state index contributed by atoms with van der Waals surface area (Å²) in [5.74, 6) is 1.27. The molecule has 0 spiro atoms. The van der Waals surface area contributed by atoms with Crippen molar-refractivity contribution in [3.63, 3.8) is 0 Å². The summed E-state index contributed by atoms with van der Waals surface area (Å²) in [5.41, 5.74) is 7.17. The minimum absolute atomic E-state index is 0.174. The molecule has 0 atom stereocenters. The molecule has 2 aromatic carbocycles. The number of morpholine rings is 1. The zero-order valence-electron chi connectivity index (χ0n) is 17.6. The van der Waals surface area contributed by atoms with Crippen molar-refractivity contribution in [1.82, 2.24) is 19.5 Å². The van der Waals surface area contributed by atoms with Crippen molar-refractivity contribution in [3.05, 3.63) is 66.0 Å². The Hall–Kier alpha value is -3.98. The number of phenols is 1. The number of benzene rings is 2. The highest BCUT2D eigenvalue weighted by Gasteiger charge is 2.19. The third kappa shape index (κ3) is 4.10. The first-order valence-electron chi connectivity index (χ1n) is 10.4. The van der Waals surface area contributed by atoms with Gasteiger partial charge in [0.25, 0.3) is 0 Å². The highest BCUT2D eigenvalue weighted by molar-refractivity contribution is 5.87. The number of rotatable bonds is 5. The highest BCUT2D eigenvalue weighted by Crippen LogP contribution is 2.26. The Balaban J connectivity index is 1.55. The van der Waals surface area contributed by atoms with Crippen molar-refractivity contribution < 1.29 is 9.84 Å². The van der Waals surface area contributed by atoms with Gasteiger partial charge in [0.1, 0.15) is 12.1 Å². The fourth-order valence-electron chi connectivity index (χ4n) is 3.62. The Morgan fingerprint density at radius 3 is 2.75 bits per heavy atom. The van der Waals surface area contributed by atoms with Crippen LogP contribution in [0.1, 0.15) is 11.1 Å². The van der Waals surface area contributed by atoms with Gasteiger partial charge in [0, 0.05) is 19.2 Å². The fourth-order valence-corrected chi connectivity index (χ4v) is 3.62. The number of aromatic nitrogens is 4. The van der Waals surface area contributed by atoms with Gasteiger partial charge < -0.3 is 14.7 Å². The second-order valence-electron chi connectivity index (χ2n) is 7.56. The molecule has 1 aliphatic rings. The number of ether oxygens (including phenoxy) is 1. The topological polar surface area (TPSA) is 101 Å². The van der Waals surface area contributed by atoms with Gasteiger partial charge in [-0.1, -0.05) is 35.9 Å². The van der Waals surface area contributed by atoms with Crippen LogP contribution in [-0.2, 0) is 4.74 Å². The number of imidazole rings is 1. The van der Waals surface area contributed by atoms with Gasteiger partial charge in [0.2, 0.25) is 5.95 Å². The first-order valence-corrected chi connectivity index (χ1v) is 10.4. The van der Waals surface area contributed by atoms with Crippen molar-refractivity contribution in [2.75, 3.05) is 36.6 Å². The lowest BCUT2D eigenvalue weighted by Gasteiger charge is -2.27. The zero-order valence-corrected chi connectivity index (χ0v) is 17.6. The van der Waals surface area contributed by atoms with E-state index in [-0.39, 0.29) is 5.75 Å². The van der Waals surface area contributed by atoms with Gasteiger partial charge in [-0.3, -0.25) is 9.99 Å². The number of hydrogen-bond donors (Lipinski definition) is 2. The predicted octanol–water partition coefficient (Wildman–Crippen LogP) is 3.11. The number of aromatic hydroxyl groups is 1. The van der Waals surface area contributed by atoms with Crippen LogP contribution < -0.4 is 10.3 Å². The van der Waals surface area contributed by atoms with Crippen molar-refractivity contribution >= 4 is 29.1 Å². The van der Waals surface area contributed by atoms with E-state index in [0.717, 1.165) is 16.8 Å². The second kappa shape index (κ2) is 8.64. The maximum Gasteiger partial charge on any atom is 0.229 e. The molecule has 1 saturated heterocycles. The lowest BCUT2D eigenvalue weighted by Crippen LogP contribution is -2.37. The molecule has 9 nitrogen and oxygen atoms in total. The van der Waals surface area contributed by atoms with Gasteiger partial charge in [0.15, 0.2) is 17.0 Å².